The van der Waals surface area contributed by atoms with Gasteiger partial charge in [-0.2, -0.15) is 0 Å². The summed E-state index contributed by atoms with van der Waals surface area (Å²) in [5, 5.41) is 0.0579. The average molecular weight is 373 g/mol. The molecule has 0 amide bonds. The molecule has 0 aromatic heterocycles. The van der Waals surface area contributed by atoms with Crippen molar-refractivity contribution in [1.82, 2.24) is 0 Å². The van der Waals surface area contributed by atoms with E-state index >= 15 is 0 Å². The summed E-state index contributed by atoms with van der Waals surface area (Å²) in [5.41, 5.74) is 7.54. The van der Waals surface area contributed by atoms with Crippen molar-refractivity contribution in [3.05, 3.63) is 62.8 Å². The molecule has 0 fully saturated rings. The second-order valence-corrected chi connectivity index (χ2v) is 6.06. The van der Waals surface area contributed by atoms with Gasteiger partial charge < -0.3 is 10.5 Å². The quantitative estimate of drug-likeness (QED) is 0.748. The highest BCUT2D eigenvalue weighted by Crippen LogP contribution is 2.30. The van der Waals surface area contributed by atoms with Gasteiger partial charge in [0.05, 0.1) is 11.6 Å². The molecule has 2 aromatic carbocycles. The van der Waals surface area contributed by atoms with E-state index in [1.807, 2.05) is 31.2 Å². The van der Waals surface area contributed by atoms with Crippen LogP contribution in [0.15, 0.2) is 40.9 Å². The predicted octanol–water partition coefficient (Wildman–Crippen LogP) is 5.02. The van der Waals surface area contributed by atoms with Crippen LogP contribution < -0.4 is 10.5 Å². The first-order valence-corrected chi connectivity index (χ1v) is 7.74. The van der Waals surface area contributed by atoms with Crippen LogP contribution in [0.2, 0.25) is 5.02 Å². The maximum atomic E-state index is 14.0. The smallest absolute Gasteiger partial charge is 0.147 e. The molecule has 0 saturated carbocycles. The van der Waals surface area contributed by atoms with Gasteiger partial charge in [0.2, 0.25) is 0 Å². The third-order valence-corrected chi connectivity index (χ3v) is 4.41. The van der Waals surface area contributed by atoms with E-state index in [1.165, 1.54) is 0 Å². The van der Waals surface area contributed by atoms with E-state index in [9.17, 15) is 4.39 Å². The number of hydrogen-bond acceptors (Lipinski definition) is 2. The Morgan fingerprint density at radius 2 is 2.10 bits per heavy atom. The maximum Gasteiger partial charge on any atom is 0.147 e. The number of rotatable bonds is 5. The van der Waals surface area contributed by atoms with Crippen LogP contribution in [0.1, 0.15) is 23.6 Å². The summed E-state index contributed by atoms with van der Waals surface area (Å²) in [4.78, 5) is 0. The summed E-state index contributed by atoms with van der Waals surface area (Å²) < 4.78 is 20.2. The van der Waals surface area contributed by atoms with Crippen molar-refractivity contribution < 1.29 is 9.13 Å². The first-order valence-electron chi connectivity index (χ1n) is 6.57. The van der Waals surface area contributed by atoms with E-state index in [0.717, 1.165) is 11.3 Å². The van der Waals surface area contributed by atoms with Gasteiger partial charge in [0.25, 0.3) is 0 Å². The fraction of sp³-hybridized carbons (Fsp3) is 0.250. The number of nitrogens with two attached hydrogens (primary N) is 1. The first-order chi connectivity index (χ1) is 9.99. The molecule has 2 rings (SSSR count). The lowest BCUT2D eigenvalue weighted by atomic mass is 10.0. The lowest BCUT2D eigenvalue weighted by Crippen LogP contribution is -2.16. The highest BCUT2D eigenvalue weighted by atomic mass is 79.9. The van der Waals surface area contributed by atoms with Crippen molar-refractivity contribution in [1.29, 1.82) is 0 Å². The van der Waals surface area contributed by atoms with Gasteiger partial charge in [0.1, 0.15) is 11.6 Å². The van der Waals surface area contributed by atoms with E-state index in [0.29, 0.717) is 23.1 Å². The predicted molar refractivity (Wildman–Crippen MR) is 87.3 cm³/mol. The molecule has 0 saturated heterocycles. The van der Waals surface area contributed by atoms with E-state index < -0.39 is 11.9 Å². The van der Waals surface area contributed by atoms with E-state index in [1.54, 1.807) is 12.1 Å². The van der Waals surface area contributed by atoms with Gasteiger partial charge in [-0.3, -0.25) is 0 Å². The SMILES string of the molecule is Cc1cccc(OCCC(N)c2ccc(Br)c(Cl)c2F)c1. The monoisotopic (exact) mass is 371 g/mol. The Morgan fingerprint density at radius 1 is 1.33 bits per heavy atom. The minimum absolute atomic E-state index is 0.0579. The molecule has 0 spiro atoms. The zero-order valence-electron chi connectivity index (χ0n) is 11.6. The molecule has 2 nitrogen and oxygen atoms in total. The van der Waals surface area contributed by atoms with Crippen molar-refractivity contribution in [2.24, 2.45) is 5.73 Å². The van der Waals surface area contributed by atoms with Crippen LogP contribution in [-0.4, -0.2) is 6.61 Å². The van der Waals surface area contributed by atoms with Gasteiger partial charge in [-0.25, -0.2) is 4.39 Å². The topological polar surface area (TPSA) is 35.2 Å². The highest BCUT2D eigenvalue weighted by molar-refractivity contribution is 9.10. The maximum absolute atomic E-state index is 14.0. The highest BCUT2D eigenvalue weighted by Gasteiger charge is 2.16. The molecule has 0 aliphatic carbocycles. The van der Waals surface area contributed by atoms with Gasteiger partial charge in [-0.1, -0.05) is 29.8 Å². The Morgan fingerprint density at radius 3 is 2.81 bits per heavy atom. The Hall–Kier alpha value is -1.10. The number of ether oxygens (including phenoxy) is 1. The van der Waals surface area contributed by atoms with Crippen LogP contribution in [0.5, 0.6) is 5.75 Å². The van der Waals surface area contributed by atoms with Gasteiger partial charge in [0, 0.05) is 22.5 Å². The molecule has 0 radical (unpaired) electrons. The summed E-state index contributed by atoms with van der Waals surface area (Å²) in [6.45, 7) is 2.41. The molecule has 0 bridgehead atoms. The molecule has 1 unspecified atom stereocenters. The Kier molecular flexibility index (Phi) is 5.62. The number of aryl methyl sites for hydroxylation is 1. The third-order valence-electron chi connectivity index (χ3n) is 3.15. The fourth-order valence-corrected chi connectivity index (χ4v) is 2.47. The molecule has 1 atom stereocenters. The standard InChI is InChI=1S/C16H16BrClFNO/c1-10-3-2-4-11(9-10)21-8-7-14(20)12-5-6-13(17)15(18)16(12)19/h2-6,9,14H,7-8,20H2,1H3. The number of benzene rings is 2. The van der Waals surface area contributed by atoms with E-state index in [2.05, 4.69) is 15.9 Å². The number of halogens is 3. The molecule has 112 valence electrons. The van der Waals surface area contributed by atoms with Gasteiger partial charge >= 0.3 is 0 Å². The molecule has 2 N–H and O–H groups in total. The van der Waals surface area contributed by atoms with Gasteiger partial charge in [-0.05, 0) is 46.6 Å². The molecular weight excluding hydrogens is 357 g/mol. The summed E-state index contributed by atoms with van der Waals surface area (Å²) in [5.74, 6) is 0.311. The molecule has 0 aliphatic rings. The Balaban J connectivity index is 1.96. The molecule has 0 aliphatic heterocycles. The molecule has 2 aromatic rings. The van der Waals surface area contributed by atoms with Crippen LogP contribution in [0.4, 0.5) is 4.39 Å². The van der Waals surface area contributed by atoms with Crippen molar-refractivity contribution in [3.63, 3.8) is 0 Å². The second-order valence-electron chi connectivity index (χ2n) is 4.82. The Bertz CT molecular complexity index is 636. The summed E-state index contributed by atoms with van der Waals surface area (Å²) >= 11 is 9.05. The van der Waals surface area contributed by atoms with Crippen LogP contribution in [0, 0.1) is 12.7 Å². The van der Waals surface area contributed by atoms with Gasteiger partial charge in [-0.15, -0.1) is 0 Å². The summed E-state index contributed by atoms with van der Waals surface area (Å²) in [6.07, 6.45) is 0.503. The van der Waals surface area contributed by atoms with Crippen LogP contribution >= 0.6 is 27.5 Å². The van der Waals surface area contributed by atoms with E-state index in [-0.39, 0.29) is 5.02 Å². The zero-order chi connectivity index (χ0) is 15.4. The van der Waals surface area contributed by atoms with Crippen molar-refractivity contribution >= 4 is 27.5 Å². The van der Waals surface area contributed by atoms with Crippen molar-refractivity contribution in [2.45, 2.75) is 19.4 Å². The lowest BCUT2D eigenvalue weighted by molar-refractivity contribution is 0.297. The van der Waals surface area contributed by atoms with Crippen LogP contribution in [0.25, 0.3) is 0 Å². The number of hydrogen-bond donors (Lipinski definition) is 1. The molecule has 21 heavy (non-hydrogen) atoms. The first kappa shape index (κ1) is 16.3. The van der Waals surface area contributed by atoms with E-state index in [4.69, 9.17) is 22.1 Å². The van der Waals surface area contributed by atoms with Crippen molar-refractivity contribution in [2.75, 3.05) is 6.61 Å². The third kappa shape index (κ3) is 4.19. The molecular formula is C16H16BrClFNO. The van der Waals surface area contributed by atoms with Gasteiger partial charge in [0.15, 0.2) is 0 Å². The fourth-order valence-electron chi connectivity index (χ4n) is 1.99. The molecule has 5 heteroatoms. The minimum atomic E-state index is -0.478. The molecule has 0 heterocycles. The van der Waals surface area contributed by atoms with Crippen LogP contribution in [0.3, 0.4) is 0 Å². The normalized spacial score (nSPS) is 12.2. The summed E-state index contributed by atoms with van der Waals surface area (Å²) in [6, 6.07) is 10.6. The average Bonchev–Trinajstić information content (AvgIpc) is 2.45. The zero-order valence-corrected chi connectivity index (χ0v) is 13.9. The van der Waals surface area contributed by atoms with Crippen molar-refractivity contribution in [3.8, 4) is 5.75 Å². The minimum Gasteiger partial charge on any atom is -0.494 e. The lowest BCUT2D eigenvalue weighted by Gasteiger charge is -2.15. The Labute approximate surface area is 137 Å². The second kappa shape index (κ2) is 7.25. The largest absolute Gasteiger partial charge is 0.494 e. The van der Waals surface area contributed by atoms with Crippen LogP contribution in [-0.2, 0) is 0 Å². The summed E-state index contributed by atoms with van der Waals surface area (Å²) in [7, 11) is 0.